The lowest BCUT2D eigenvalue weighted by Crippen LogP contribution is -2.26. The van der Waals surface area contributed by atoms with Crippen molar-refractivity contribution in [3.63, 3.8) is 0 Å². The average molecular weight is 273 g/mol. The third-order valence-electron chi connectivity index (χ3n) is 3.59. The number of aromatic nitrogens is 4. The Balaban J connectivity index is 2.15. The number of para-hydroxylation sites is 1. The first-order chi connectivity index (χ1) is 9.59. The zero-order valence-corrected chi connectivity index (χ0v) is 12.7. The number of benzene rings is 1. The van der Waals surface area contributed by atoms with E-state index in [9.17, 15) is 0 Å². The van der Waals surface area contributed by atoms with Gasteiger partial charge in [-0.2, -0.15) is 4.68 Å². The molecule has 1 unspecified atom stereocenters. The summed E-state index contributed by atoms with van der Waals surface area (Å²) in [5, 5.41) is 12.1. The second-order valence-corrected chi connectivity index (χ2v) is 5.62. The van der Waals surface area contributed by atoms with E-state index in [1.807, 2.05) is 35.0 Å². The average Bonchev–Trinajstić information content (AvgIpc) is 2.94. The lowest BCUT2D eigenvalue weighted by Gasteiger charge is -2.24. The number of nitrogens with zero attached hydrogens (tertiary/aromatic N) is 5. The largest absolute Gasteiger partial charge is 0.297 e. The Morgan fingerprint density at radius 3 is 2.50 bits per heavy atom. The molecule has 0 saturated carbocycles. The molecule has 0 aliphatic rings. The summed E-state index contributed by atoms with van der Waals surface area (Å²) >= 11 is 0. The molecule has 1 aromatic heterocycles. The molecule has 0 spiro atoms. The minimum atomic E-state index is 0.184. The first kappa shape index (κ1) is 14.7. The minimum absolute atomic E-state index is 0.184. The molecule has 1 atom stereocenters. The zero-order valence-electron chi connectivity index (χ0n) is 12.7. The molecule has 2 aromatic rings. The van der Waals surface area contributed by atoms with Crippen molar-refractivity contribution in [1.82, 2.24) is 25.1 Å². The van der Waals surface area contributed by atoms with Gasteiger partial charge in [0.05, 0.1) is 11.7 Å². The highest BCUT2D eigenvalue weighted by Crippen LogP contribution is 2.19. The molecule has 0 amide bonds. The Labute approximate surface area is 120 Å². The van der Waals surface area contributed by atoms with Crippen LogP contribution in [0.25, 0.3) is 5.69 Å². The fourth-order valence-corrected chi connectivity index (χ4v) is 2.06. The molecule has 1 heterocycles. The summed E-state index contributed by atoms with van der Waals surface area (Å²) in [5.41, 5.74) is 0.997. The van der Waals surface area contributed by atoms with Crippen molar-refractivity contribution < 1.29 is 0 Å². The fourth-order valence-electron chi connectivity index (χ4n) is 2.06. The maximum absolute atomic E-state index is 4.20. The van der Waals surface area contributed by atoms with E-state index in [4.69, 9.17) is 0 Å². The topological polar surface area (TPSA) is 46.8 Å². The molecule has 5 nitrogen and oxygen atoms in total. The van der Waals surface area contributed by atoms with E-state index in [0.717, 1.165) is 18.1 Å². The highest BCUT2D eigenvalue weighted by molar-refractivity contribution is 5.30. The molecule has 108 valence electrons. The van der Waals surface area contributed by atoms with Gasteiger partial charge in [-0.25, -0.2) is 0 Å². The van der Waals surface area contributed by atoms with Crippen molar-refractivity contribution in [2.75, 3.05) is 13.6 Å². The van der Waals surface area contributed by atoms with Crippen LogP contribution in [0.5, 0.6) is 0 Å². The second-order valence-electron chi connectivity index (χ2n) is 5.62. The van der Waals surface area contributed by atoms with Crippen LogP contribution in [-0.4, -0.2) is 38.7 Å². The highest BCUT2D eigenvalue weighted by atomic mass is 15.6. The van der Waals surface area contributed by atoms with Gasteiger partial charge < -0.3 is 0 Å². The smallest absolute Gasteiger partial charge is 0.173 e. The molecule has 0 radical (unpaired) electrons. The van der Waals surface area contributed by atoms with Crippen LogP contribution in [0.15, 0.2) is 30.3 Å². The monoisotopic (exact) mass is 273 g/mol. The van der Waals surface area contributed by atoms with Crippen molar-refractivity contribution in [3.05, 3.63) is 36.2 Å². The summed E-state index contributed by atoms with van der Waals surface area (Å²) in [4.78, 5) is 2.30. The van der Waals surface area contributed by atoms with Crippen LogP contribution < -0.4 is 0 Å². The standard InChI is InChI=1S/C15H23N5/c1-12(2)10-11-19(4)13(3)15-16-17-18-20(15)14-8-6-5-7-9-14/h5-9,12-13H,10-11H2,1-4H3. The molecule has 0 saturated heterocycles. The van der Waals surface area contributed by atoms with Crippen LogP contribution in [0.3, 0.4) is 0 Å². The Bertz CT molecular complexity index is 520. The summed E-state index contributed by atoms with van der Waals surface area (Å²) < 4.78 is 1.82. The maximum Gasteiger partial charge on any atom is 0.173 e. The van der Waals surface area contributed by atoms with Crippen LogP contribution in [0.4, 0.5) is 0 Å². The van der Waals surface area contributed by atoms with Crippen LogP contribution >= 0.6 is 0 Å². The third kappa shape index (κ3) is 3.42. The van der Waals surface area contributed by atoms with Gasteiger partial charge in [-0.05, 0) is 55.4 Å². The first-order valence-electron chi connectivity index (χ1n) is 7.13. The van der Waals surface area contributed by atoms with E-state index in [1.165, 1.54) is 6.42 Å². The predicted octanol–water partition coefficient (Wildman–Crippen LogP) is 2.70. The van der Waals surface area contributed by atoms with Gasteiger partial charge in [0, 0.05) is 0 Å². The SMILES string of the molecule is CC(C)CCN(C)C(C)c1nnnn1-c1ccccc1. The van der Waals surface area contributed by atoms with Gasteiger partial charge in [0.2, 0.25) is 0 Å². The molecule has 0 aliphatic carbocycles. The second kappa shape index (κ2) is 6.61. The number of hydrogen-bond acceptors (Lipinski definition) is 4. The van der Waals surface area contributed by atoms with E-state index in [0.29, 0.717) is 5.92 Å². The first-order valence-corrected chi connectivity index (χ1v) is 7.13. The quantitative estimate of drug-likeness (QED) is 0.812. The molecule has 0 aliphatic heterocycles. The summed E-state index contributed by atoms with van der Waals surface area (Å²) in [6.07, 6.45) is 1.17. The third-order valence-corrected chi connectivity index (χ3v) is 3.59. The van der Waals surface area contributed by atoms with E-state index < -0.39 is 0 Å². The minimum Gasteiger partial charge on any atom is -0.297 e. The van der Waals surface area contributed by atoms with Crippen LogP contribution in [0.2, 0.25) is 0 Å². The zero-order chi connectivity index (χ0) is 14.5. The molecule has 0 fully saturated rings. The highest BCUT2D eigenvalue weighted by Gasteiger charge is 2.19. The Morgan fingerprint density at radius 1 is 1.15 bits per heavy atom. The van der Waals surface area contributed by atoms with Gasteiger partial charge in [-0.3, -0.25) is 4.90 Å². The normalized spacial score (nSPS) is 13.1. The summed E-state index contributed by atoms with van der Waals surface area (Å²) in [6, 6.07) is 10.2. The predicted molar refractivity (Wildman–Crippen MR) is 79.7 cm³/mol. The molecule has 1 aromatic carbocycles. The molecular weight excluding hydrogens is 250 g/mol. The molecule has 5 heteroatoms. The van der Waals surface area contributed by atoms with Crippen LogP contribution in [-0.2, 0) is 0 Å². The van der Waals surface area contributed by atoms with Crippen molar-refractivity contribution in [2.45, 2.75) is 33.2 Å². The van der Waals surface area contributed by atoms with Crippen molar-refractivity contribution >= 4 is 0 Å². The fraction of sp³-hybridized carbons (Fsp3) is 0.533. The van der Waals surface area contributed by atoms with Crippen molar-refractivity contribution in [3.8, 4) is 5.69 Å². The van der Waals surface area contributed by atoms with E-state index in [1.54, 1.807) is 0 Å². The maximum atomic E-state index is 4.20. The Morgan fingerprint density at radius 2 is 1.85 bits per heavy atom. The summed E-state index contributed by atoms with van der Waals surface area (Å²) in [7, 11) is 2.12. The van der Waals surface area contributed by atoms with Gasteiger partial charge in [-0.1, -0.05) is 32.0 Å². The number of rotatable bonds is 6. The van der Waals surface area contributed by atoms with Gasteiger partial charge in [0.1, 0.15) is 0 Å². The van der Waals surface area contributed by atoms with Crippen LogP contribution in [0.1, 0.15) is 39.1 Å². The van der Waals surface area contributed by atoms with E-state index >= 15 is 0 Å². The lowest BCUT2D eigenvalue weighted by atomic mass is 10.1. The van der Waals surface area contributed by atoms with Gasteiger partial charge in [0.25, 0.3) is 0 Å². The van der Waals surface area contributed by atoms with E-state index in [-0.39, 0.29) is 6.04 Å². The Hall–Kier alpha value is -1.75. The van der Waals surface area contributed by atoms with Gasteiger partial charge >= 0.3 is 0 Å². The molecular formula is C15H23N5. The van der Waals surface area contributed by atoms with Gasteiger partial charge in [0.15, 0.2) is 5.82 Å². The van der Waals surface area contributed by atoms with Gasteiger partial charge in [-0.15, -0.1) is 5.10 Å². The summed E-state index contributed by atoms with van der Waals surface area (Å²) in [6.45, 7) is 7.67. The lowest BCUT2D eigenvalue weighted by molar-refractivity contribution is 0.235. The van der Waals surface area contributed by atoms with Crippen molar-refractivity contribution in [2.24, 2.45) is 5.92 Å². The van der Waals surface area contributed by atoms with Crippen molar-refractivity contribution in [1.29, 1.82) is 0 Å². The molecule has 2 rings (SSSR count). The Kier molecular flexibility index (Phi) is 4.84. The number of hydrogen-bond donors (Lipinski definition) is 0. The molecule has 0 bridgehead atoms. The molecule has 20 heavy (non-hydrogen) atoms. The summed E-state index contributed by atoms with van der Waals surface area (Å²) in [5.74, 6) is 1.58. The van der Waals surface area contributed by atoms with Crippen LogP contribution in [0, 0.1) is 5.92 Å². The molecule has 0 N–H and O–H groups in total. The number of tetrazole rings is 1. The van der Waals surface area contributed by atoms with E-state index in [2.05, 4.69) is 48.2 Å².